The first kappa shape index (κ1) is 11.0. The van der Waals surface area contributed by atoms with Gasteiger partial charge in [-0.3, -0.25) is 4.68 Å². The summed E-state index contributed by atoms with van der Waals surface area (Å²) < 4.78 is 1.82. The molecule has 4 heteroatoms. The number of nitrogens with two attached hydrogens (primary N) is 1. The van der Waals surface area contributed by atoms with Crippen molar-refractivity contribution >= 4 is 23.3 Å². The topological polar surface area (TPSA) is 43.8 Å². The molecule has 0 saturated heterocycles. The second kappa shape index (κ2) is 3.98. The third kappa shape index (κ3) is 1.89. The average molecular weight is 212 g/mol. The van der Waals surface area contributed by atoms with Crippen LogP contribution in [0.1, 0.15) is 18.5 Å². The van der Waals surface area contributed by atoms with Crippen LogP contribution in [-0.2, 0) is 7.05 Å². The molecule has 2 N–H and O–H groups in total. The Kier molecular flexibility index (Phi) is 3.13. The average Bonchev–Trinajstić information content (AvgIpc) is 2.42. The highest BCUT2D eigenvalue weighted by atomic mass is 35.5. The Hall–Kier alpha value is -1.06. The lowest BCUT2D eigenvalue weighted by atomic mass is 10.1. The molecule has 0 saturated carbocycles. The van der Waals surface area contributed by atoms with Gasteiger partial charge in [0.25, 0.3) is 0 Å². The first-order valence-electron chi connectivity index (χ1n) is 4.36. The minimum Gasteiger partial charge on any atom is -0.324 e. The highest BCUT2D eigenvalue weighted by molar-refractivity contribution is 5.85. The molecule has 0 bridgehead atoms. The third-order valence-corrected chi connectivity index (χ3v) is 2.17. The summed E-state index contributed by atoms with van der Waals surface area (Å²) >= 11 is 0. The van der Waals surface area contributed by atoms with Gasteiger partial charge in [0, 0.05) is 24.7 Å². The van der Waals surface area contributed by atoms with Crippen molar-refractivity contribution in [3.05, 3.63) is 30.0 Å². The molecule has 2 rings (SSSR count). The number of hydrogen-bond donors (Lipinski definition) is 1. The Morgan fingerprint density at radius 2 is 2.14 bits per heavy atom. The highest BCUT2D eigenvalue weighted by Gasteiger charge is 2.02. The number of benzene rings is 1. The van der Waals surface area contributed by atoms with E-state index in [2.05, 4.69) is 11.2 Å². The summed E-state index contributed by atoms with van der Waals surface area (Å²) in [6.45, 7) is 1.98. The van der Waals surface area contributed by atoms with Crippen LogP contribution in [0.25, 0.3) is 10.9 Å². The van der Waals surface area contributed by atoms with E-state index in [4.69, 9.17) is 5.73 Å². The van der Waals surface area contributed by atoms with Crippen molar-refractivity contribution in [2.45, 2.75) is 13.0 Å². The molecular weight excluding hydrogens is 198 g/mol. The molecule has 0 amide bonds. The maximum absolute atomic E-state index is 5.78. The van der Waals surface area contributed by atoms with Gasteiger partial charge in [-0.2, -0.15) is 5.10 Å². The molecule has 0 spiro atoms. The Bertz CT molecular complexity index is 434. The molecule has 3 nitrogen and oxygen atoms in total. The molecule has 14 heavy (non-hydrogen) atoms. The first-order chi connectivity index (χ1) is 6.16. The fourth-order valence-electron chi connectivity index (χ4n) is 1.45. The number of rotatable bonds is 1. The van der Waals surface area contributed by atoms with Crippen LogP contribution >= 0.6 is 12.4 Å². The Morgan fingerprint density at radius 1 is 1.43 bits per heavy atom. The number of fused-ring (bicyclic) bond motifs is 1. The van der Waals surface area contributed by atoms with Crippen LogP contribution in [0.5, 0.6) is 0 Å². The molecule has 0 fully saturated rings. The van der Waals surface area contributed by atoms with Gasteiger partial charge in [0.2, 0.25) is 0 Å². The third-order valence-electron chi connectivity index (χ3n) is 2.17. The van der Waals surface area contributed by atoms with E-state index in [1.54, 1.807) is 0 Å². The van der Waals surface area contributed by atoms with Crippen molar-refractivity contribution in [3.63, 3.8) is 0 Å². The molecule has 0 radical (unpaired) electrons. The Morgan fingerprint density at radius 3 is 2.79 bits per heavy atom. The fourth-order valence-corrected chi connectivity index (χ4v) is 1.45. The van der Waals surface area contributed by atoms with E-state index >= 15 is 0 Å². The largest absolute Gasteiger partial charge is 0.324 e. The molecular formula is C10H14ClN3. The summed E-state index contributed by atoms with van der Waals surface area (Å²) in [7, 11) is 1.92. The van der Waals surface area contributed by atoms with Gasteiger partial charge in [-0.05, 0) is 24.6 Å². The van der Waals surface area contributed by atoms with Crippen LogP contribution in [0.4, 0.5) is 0 Å². The van der Waals surface area contributed by atoms with E-state index in [1.807, 2.05) is 37.0 Å². The molecule has 1 unspecified atom stereocenters. The van der Waals surface area contributed by atoms with E-state index in [1.165, 1.54) is 0 Å². The standard InChI is InChI=1S/C10H13N3.ClH/c1-7(11)8-3-4-10-9(5-8)6-13(2)12-10;/h3-7H,11H2,1-2H3;1H. The minimum atomic E-state index is 0. The van der Waals surface area contributed by atoms with Gasteiger partial charge >= 0.3 is 0 Å². The van der Waals surface area contributed by atoms with Gasteiger partial charge in [0.05, 0.1) is 5.52 Å². The summed E-state index contributed by atoms with van der Waals surface area (Å²) in [5.74, 6) is 0. The molecule has 76 valence electrons. The number of halogens is 1. The summed E-state index contributed by atoms with van der Waals surface area (Å²) in [5, 5.41) is 5.44. The molecule has 1 atom stereocenters. The van der Waals surface area contributed by atoms with Crippen LogP contribution in [-0.4, -0.2) is 9.78 Å². The first-order valence-corrected chi connectivity index (χ1v) is 4.36. The highest BCUT2D eigenvalue weighted by Crippen LogP contribution is 2.17. The smallest absolute Gasteiger partial charge is 0.0923 e. The minimum absolute atomic E-state index is 0. The molecule has 0 aliphatic carbocycles. The maximum atomic E-state index is 5.78. The van der Waals surface area contributed by atoms with E-state index in [0.29, 0.717) is 0 Å². The summed E-state index contributed by atoms with van der Waals surface area (Å²) in [6.07, 6.45) is 2.00. The summed E-state index contributed by atoms with van der Waals surface area (Å²) in [4.78, 5) is 0. The van der Waals surface area contributed by atoms with Gasteiger partial charge < -0.3 is 5.73 Å². The van der Waals surface area contributed by atoms with Gasteiger partial charge in [-0.25, -0.2) is 0 Å². The van der Waals surface area contributed by atoms with Crippen molar-refractivity contribution in [1.82, 2.24) is 9.78 Å². The monoisotopic (exact) mass is 211 g/mol. The van der Waals surface area contributed by atoms with Crippen molar-refractivity contribution in [3.8, 4) is 0 Å². The summed E-state index contributed by atoms with van der Waals surface area (Å²) in [5.41, 5.74) is 7.96. The molecule has 1 heterocycles. The quantitative estimate of drug-likeness (QED) is 0.785. The maximum Gasteiger partial charge on any atom is 0.0923 e. The Labute approximate surface area is 89.3 Å². The lowest BCUT2D eigenvalue weighted by Gasteiger charge is -2.03. The van der Waals surface area contributed by atoms with Gasteiger partial charge in [0.15, 0.2) is 0 Å². The normalized spacial score (nSPS) is 12.5. The molecule has 0 aliphatic heterocycles. The lowest BCUT2D eigenvalue weighted by Crippen LogP contribution is -2.04. The van der Waals surface area contributed by atoms with Crippen LogP contribution in [0.15, 0.2) is 24.4 Å². The zero-order chi connectivity index (χ0) is 9.42. The Balaban J connectivity index is 0.000000980. The van der Waals surface area contributed by atoms with Crippen molar-refractivity contribution in [2.24, 2.45) is 12.8 Å². The fraction of sp³-hybridized carbons (Fsp3) is 0.300. The predicted octanol–water partition coefficient (Wildman–Crippen LogP) is 2.01. The van der Waals surface area contributed by atoms with Gasteiger partial charge in [-0.1, -0.05) is 6.07 Å². The van der Waals surface area contributed by atoms with Crippen molar-refractivity contribution < 1.29 is 0 Å². The van der Waals surface area contributed by atoms with E-state index in [9.17, 15) is 0 Å². The number of aromatic nitrogens is 2. The van der Waals surface area contributed by atoms with Gasteiger partial charge in [0.1, 0.15) is 0 Å². The summed E-state index contributed by atoms with van der Waals surface area (Å²) in [6, 6.07) is 6.21. The zero-order valence-corrected chi connectivity index (χ0v) is 9.08. The second-order valence-corrected chi connectivity index (χ2v) is 3.41. The molecule has 1 aromatic heterocycles. The van der Waals surface area contributed by atoms with Crippen LogP contribution in [0.3, 0.4) is 0 Å². The van der Waals surface area contributed by atoms with Crippen LogP contribution < -0.4 is 5.73 Å². The zero-order valence-electron chi connectivity index (χ0n) is 8.27. The molecule has 2 aromatic rings. The van der Waals surface area contributed by atoms with E-state index in [-0.39, 0.29) is 18.4 Å². The van der Waals surface area contributed by atoms with Crippen LogP contribution in [0.2, 0.25) is 0 Å². The van der Waals surface area contributed by atoms with Gasteiger partial charge in [-0.15, -0.1) is 12.4 Å². The SMILES string of the molecule is CC(N)c1ccc2nn(C)cc2c1.Cl. The van der Waals surface area contributed by atoms with Crippen molar-refractivity contribution in [2.75, 3.05) is 0 Å². The van der Waals surface area contributed by atoms with Crippen molar-refractivity contribution in [1.29, 1.82) is 0 Å². The molecule has 1 aromatic carbocycles. The van der Waals surface area contributed by atoms with Crippen LogP contribution in [0, 0.1) is 0 Å². The van der Waals surface area contributed by atoms with E-state index < -0.39 is 0 Å². The number of aryl methyl sites for hydroxylation is 1. The molecule has 0 aliphatic rings. The number of hydrogen-bond acceptors (Lipinski definition) is 2. The van der Waals surface area contributed by atoms with E-state index in [0.717, 1.165) is 16.5 Å². The number of nitrogens with zero attached hydrogens (tertiary/aromatic N) is 2. The predicted molar refractivity (Wildman–Crippen MR) is 60.6 cm³/mol. The second-order valence-electron chi connectivity index (χ2n) is 3.41. The lowest BCUT2D eigenvalue weighted by molar-refractivity contribution is 0.780.